The topological polar surface area (TPSA) is 51.8 Å². The van der Waals surface area contributed by atoms with E-state index in [1.54, 1.807) is 0 Å². The Morgan fingerprint density at radius 2 is 0.738 bits per heavy atom. The Labute approximate surface area is 354 Å². The Bertz CT molecular complexity index is 3340. The molecule has 2 aromatic heterocycles. The molecule has 0 fully saturated rings. The fourth-order valence-electron chi connectivity index (χ4n) is 8.91. The molecule has 11 aromatic rings. The highest BCUT2D eigenvalue weighted by molar-refractivity contribution is 6.19. The Kier molecular flexibility index (Phi) is 9.14. The predicted molar refractivity (Wildman–Crippen MR) is 251 cm³/mol. The smallest absolute Gasteiger partial charge is 0.136 e. The third kappa shape index (κ3) is 6.39. The fourth-order valence-corrected chi connectivity index (χ4v) is 8.91. The van der Waals surface area contributed by atoms with Gasteiger partial charge in [0.15, 0.2) is 0 Å². The van der Waals surface area contributed by atoms with Crippen LogP contribution in [0.2, 0.25) is 0 Å². The van der Waals surface area contributed by atoms with Gasteiger partial charge in [-0.25, -0.2) is 0 Å². The van der Waals surface area contributed by atoms with Crippen molar-refractivity contribution < 1.29 is 4.42 Å². The van der Waals surface area contributed by atoms with Gasteiger partial charge in [0.2, 0.25) is 0 Å². The molecule has 0 aliphatic heterocycles. The van der Waals surface area contributed by atoms with E-state index in [9.17, 15) is 0 Å². The van der Waals surface area contributed by atoms with Crippen molar-refractivity contribution in [3.05, 3.63) is 224 Å². The van der Waals surface area contributed by atoms with Gasteiger partial charge in [-0.1, -0.05) is 212 Å². The van der Waals surface area contributed by atoms with Crippen molar-refractivity contribution in [3.8, 4) is 89.3 Å². The van der Waals surface area contributed by atoms with Crippen LogP contribution in [0.5, 0.6) is 0 Å². The Hall–Kier alpha value is -8.21. The number of hydrogen-bond donors (Lipinski definition) is 0. The highest BCUT2D eigenvalue weighted by Crippen LogP contribution is 2.52. The van der Waals surface area contributed by atoms with E-state index in [1.165, 1.54) is 0 Å². The lowest BCUT2D eigenvalue weighted by Crippen LogP contribution is -2.04. The fraction of sp³-hybridized carbons (Fsp3) is 0. The number of aromatic nitrogens is 3. The van der Waals surface area contributed by atoms with E-state index in [-0.39, 0.29) is 0 Å². The van der Waals surface area contributed by atoms with Gasteiger partial charge < -0.3 is 4.42 Å². The van der Waals surface area contributed by atoms with E-state index in [0.717, 1.165) is 111 Å². The first-order chi connectivity index (χ1) is 30.3. The Balaban J connectivity index is 1.34. The lowest BCUT2D eigenvalue weighted by molar-refractivity contribution is 0.669. The van der Waals surface area contributed by atoms with Crippen LogP contribution in [-0.2, 0) is 0 Å². The second-order valence-corrected chi connectivity index (χ2v) is 15.1. The molecule has 11 rings (SSSR count). The van der Waals surface area contributed by atoms with Gasteiger partial charge in [0.1, 0.15) is 22.6 Å². The zero-order chi connectivity index (χ0) is 40.5. The molecular formula is C57H37N3O. The summed E-state index contributed by atoms with van der Waals surface area (Å²) in [6.45, 7) is 0. The number of furan rings is 1. The molecule has 0 spiro atoms. The van der Waals surface area contributed by atoms with E-state index in [2.05, 4.69) is 211 Å². The lowest BCUT2D eigenvalue weighted by Gasteiger charge is -2.23. The average molecular weight is 780 g/mol. The number of benzene rings is 9. The summed E-state index contributed by atoms with van der Waals surface area (Å²) in [7, 11) is 0. The van der Waals surface area contributed by atoms with Crippen molar-refractivity contribution in [1.82, 2.24) is 15.4 Å². The van der Waals surface area contributed by atoms with Crippen LogP contribution in [0, 0.1) is 0 Å². The van der Waals surface area contributed by atoms with Crippen molar-refractivity contribution in [2.75, 3.05) is 0 Å². The lowest BCUT2D eigenvalue weighted by atomic mass is 9.81. The molecule has 0 saturated carbocycles. The summed E-state index contributed by atoms with van der Waals surface area (Å²) in [5.74, 6) is 0. The van der Waals surface area contributed by atoms with Gasteiger partial charge in [-0.3, -0.25) is 0 Å². The van der Waals surface area contributed by atoms with Crippen LogP contribution in [0.3, 0.4) is 0 Å². The maximum Gasteiger partial charge on any atom is 0.136 e. The van der Waals surface area contributed by atoms with Gasteiger partial charge >= 0.3 is 0 Å². The van der Waals surface area contributed by atoms with Crippen LogP contribution in [0.4, 0.5) is 0 Å². The molecular weight excluding hydrogens is 743 g/mol. The van der Waals surface area contributed by atoms with Crippen LogP contribution in [-0.4, -0.2) is 15.4 Å². The second-order valence-electron chi connectivity index (χ2n) is 15.1. The summed E-state index contributed by atoms with van der Waals surface area (Å²) in [5.41, 5.74) is 17.7. The van der Waals surface area contributed by atoms with E-state index >= 15 is 0 Å². The number of fused-ring (bicyclic) bond motifs is 3. The van der Waals surface area contributed by atoms with Gasteiger partial charge in [-0.15, -0.1) is 10.2 Å². The molecule has 0 radical (unpaired) electrons. The molecule has 4 heteroatoms. The quantitative estimate of drug-likeness (QED) is 0.154. The first-order valence-electron chi connectivity index (χ1n) is 20.5. The summed E-state index contributed by atoms with van der Waals surface area (Å²) in [6.07, 6.45) is 0. The molecule has 286 valence electrons. The zero-order valence-corrected chi connectivity index (χ0v) is 33.1. The van der Waals surface area contributed by atoms with E-state index in [4.69, 9.17) is 14.6 Å². The highest BCUT2D eigenvalue weighted by atomic mass is 16.3. The molecule has 9 aromatic carbocycles. The third-order valence-electron chi connectivity index (χ3n) is 11.6. The first kappa shape index (κ1) is 35.9. The minimum atomic E-state index is 0.731. The minimum absolute atomic E-state index is 0.731. The SMILES string of the molecule is c1ccc(-c2ccccc2-c2cccc(-c3c(-c4ccccc4)ccc4oc5ccccc5c34)c2-c2nnnc(-c3ccccc3)c2-c2ccccc2-c2ccccc2)cc1. The van der Waals surface area contributed by atoms with Gasteiger partial charge in [0, 0.05) is 33.0 Å². The van der Waals surface area contributed by atoms with Crippen molar-refractivity contribution in [1.29, 1.82) is 0 Å². The molecule has 2 heterocycles. The minimum Gasteiger partial charge on any atom is -0.456 e. The average Bonchev–Trinajstić information content (AvgIpc) is 3.73. The molecule has 0 aliphatic carbocycles. The molecule has 0 saturated heterocycles. The summed E-state index contributed by atoms with van der Waals surface area (Å²) >= 11 is 0. The first-order valence-corrected chi connectivity index (χ1v) is 20.5. The van der Waals surface area contributed by atoms with Crippen LogP contribution in [0.15, 0.2) is 229 Å². The molecule has 0 amide bonds. The highest BCUT2D eigenvalue weighted by Gasteiger charge is 2.28. The van der Waals surface area contributed by atoms with Crippen LogP contribution < -0.4 is 0 Å². The van der Waals surface area contributed by atoms with E-state index in [1.807, 2.05) is 18.2 Å². The summed E-state index contributed by atoms with van der Waals surface area (Å²) in [4.78, 5) is 0. The molecule has 61 heavy (non-hydrogen) atoms. The second kappa shape index (κ2) is 15.5. The number of hydrogen-bond acceptors (Lipinski definition) is 4. The standard InChI is InChI=1S/C57H37N3O/c1-5-20-38(21-6-1)42-28-13-15-30-45(42)47-33-19-34-49(52-44(40-24-9-3-10-25-40)36-37-51-54(52)48-32-17-18-35-50(48)61-51)53(47)57-55(56(58-60-59-57)41-26-11-4-12-27-41)46-31-16-14-29-43(46)39-22-7-2-8-23-39/h1-37H. The molecule has 0 bridgehead atoms. The van der Waals surface area contributed by atoms with Gasteiger partial charge in [-0.2, -0.15) is 0 Å². The largest absolute Gasteiger partial charge is 0.456 e. The maximum atomic E-state index is 6.64. The van der Waals surface area contributed by atoms with Crippen molar-refractivity contribution >= 4 is 21.9 Å². The van der Waals surface area contributed by atoms with Gasteiger partial charge in [0.25, 0.3) is 0 Å². The number of rotatable bonds is 8. The normalized spacial score (nSPS) is 11.3. The number of nitrogens with zero attached hydrogens (tertiary/aromatic N) is 3. The monoisotopic (exact) mass is 779 g/mol. The summed E-state index contributed by atoms with van der Waals surface area (Å²) < 4.78 is 6.64. The molecule has 0 atom stereocenters. The summed E-state index contributed by atoms with van der Waals surface area (Å²) in [6, 6.07) is 78.7. The van der Waals surface area contributed by atoms with Crippen LogP contribution in [0.1, 0.15) is 0 Å². The maximum absolute atomic E-state index is 6.64. The van der Waals surface area contributed by atoms with Crippen molar-refractivity contribution in [2.24, 2.45) is 0 Å². The van der Waals surface area contributed by atoms with Gasteiger partial charge in [0.05, 0.1) is 0 Å². The van der Waals surface area contributed by atoms with Crippen LogP contribution in [0.25, 0.3) is 111 Å². The molecule has 0 N–H and O–H groups in total. The Morgan fingerprint density at radius 3 is 1.39 bits per heavy atom. The van der Waals surface area contributed by atoms with Crippen molar-refractivity contribution in [2.45, 2.75) is 0 Å². The summed E-state index contributed by atoms with van der Waals surface area (Å²) in [5, 5.41) is 16.8. The molecule has 0 aliphatic rings. The van der Waals surface area contributed by atoms with E-state index < -0.39 is 0 Å². The van der Waals surface area contributed by atoms with Crippen molar-refractivity contribution in [3.63, 3.8) is 0 Å². The van der Waals surface area contributed by atoms with E-state index in [0.29, 0.717) is 0 Å². The predicted octanol–water partition coefficient (Wildman–Crippen LogP) is 15.1. The zero-order valence-electron chi connectivity index (χ0n) is 33.1. The third-order valence-corrected chi connectivity index (χ3v) is 11.6. The number of para-hydroxylation sites is 1. The van der Waals surface area contributed by atoms with Gasteiger partial charge in [-0.05, 0) is 73.0 Å². The Morgan fingerprint density at radius 1 is 0.262 bits per heavy atom. The molecule has 4 nitrogen and oxygen atoms in total. The molecule has 0 unspecified atom stereocenters. The van der Waals surface area contributed by atoms with Crippen LogP contribution >= 0.6 is 0 Å².